The van der Waals surface area contributed by atoms with Crippen molar-refractivity contribution in [3.63, 3.8) is 0 Å². The third kappa shape index (κ3) is 2.85. The number of hydrogen-bond acceptors (Lipinski definition) is 4. The molecule has 0 spiro atoms. The molecule has 0 radical (unpaired) electrons. The number of benzene rings is 1. The highest BCUT2D eigenvalue weighted by atomic mass is 19.1. The number of aromatic hydroxyl groups is 1. The first-order valence-corrected chi connectivity index (χ1v) is 6.65. The van der Waals surface area contributed by atoms with Crippen LogP contribution in [0.25, 0.3) is 5.65 Å². The average Bonchev–Trinajstić information content (AvgIpc) is 2.88. The smallest absolute Gasteiger partial charge is 0.160 e. The Balaban J connectivity index is 1.75. The highest BCUT2D eigenvalue weighted by Crippen LogP contribution is 2.16. The first-order valence-electron chi connectivity index (χ1n) is 6.65. The number of halogens is 1. The van der Waals surface area contributed by atoms with E-state index in [0.29, 0.717) is 12.1 Å². The lowest BCUT2D eigenvalue weighted by atomic mass is 10.2. The molecule has 1 unspecified atom stereocenters. The van der Waals surface area contributed by atoms with Crippen LogP contribution < -0.4 is 5.32 Å². The second-order valence-corrected chi connectivity index (χ2v) is 4.91. The summed E-state index contributed by atoms with van der Waals surface area (Å²) in [7, 11) is 0. The fourth-order valence-corrected chi connectivity index (χ4v) is 2.25. The van der Waals surface area contributed by atoms with Gasteiger partial charge in [0.05, 0.1) is 6.04 Å². The molecule has 0 amide bonds. The summed E-state index contributed by atoms with van der Waals surface area (Å²) in [6.07, 6.45) is 1.90. The van der Waals surface area contributed by atoms with Crippen LogP contribution in [0.5, 0.6) is 5.75 Å². The largest absolute Gasteiger partial charge is 0.508 e. The molecule has 6 heteroatoms. The molecule has 2 heterocycles. The van der Waals surface area contributed by atoms with Crippen molar-refractivity contribution in [1.29, 1.82) is 0 Å². The zero-order valence-electron chi connectivity index (χ0n) is 11.5. The molecular weight excluding hydrogens is 271 g/mol. The summed E-state index contributed by atoms with van der Waals surface area (Å²) in [4.78, 5) is 0. The second kappa shape index (κ2) is 5.49. The van der Waals surface area contributed by atoms with E-state index in [9.17, 15) is 9.50 Å². The molecule has 0 saturated heterocycles. The minimum atomic E-state index is -0.451. The van der Waals surface area contributed by atoms with Crippen molar-refractivity contribution >= 4 is 5.65 Å². The Morgan fingerprint density at radius 1 is 1.29 bits per heavy atom. The molecule has 3 aromatic rings. The fourth-order valence-electron chi connectivity index (χ4n) is 2.25. The van der Waals surface area contributed by atoms with Crippen molar-refractivity contribution in [2.75, 3.05) is 0 Å². The number of nitrogens with zero attached hydrogens (tertiary/aromatic N) is 3. The van der Waals surface area contributed by atoms with Gasteiger partial charge in [-0.1, -0.05) is 6.07 Å². The highest BCUT2D eigenvalue weighted by molar-refractivity contribution is 5.37. The molecule has 108 valence electrons. The first kappa shape index (κ1) is 13.5. The molecule has 0 bridgehead atoms. The van der Waals surface area contributed by atoms with Gasteiger partial charge in [0.1, 0.15) is 11.6 Å². The Labute approximate surface area is 121 Å². The van der Waals surface area contributed by atoms with Gasteiger partial charge in [-0.05, 0) is 36.8 Å². The fraction of sp³-hybridized carbons (Fsp3) is 0.200. The molecule has 0 aliphatic heterocycles. The molecule has 1 aromatic carbocycles. The molecule has 21 heavy (non-hydrogen) atoms. The summed E-state index contributed by atoms with van der Waals surface area (Å²) in [5.41, 5.74) is 1.46. The van der Waals surface area contributed by atoms with E-state index in [2.05, 4.69) is 15.5 Å². The van der Waals surface area contributed by atoms with Crippen molar-refractivity contribution in [2.45, 2.75) is 19.5 Å². The van der Waals surface area contributed by atoms with Crippen LogP contribution >= 0.6 is 0 Å². The van der Waals surface area contributed by atoms with Gasteiger partial charge in [0.15, 0.2) is 11.5 Å². The van der Waals surface area contributed by atoms with E-state index >= 15 is 0 Å². The molecular formula is C15H15FN4O. The van der Waals surface area contributed by atoms with Gasteiger partial charge in [0.2, 0.25) is 0 Å². The van der Waals surface area contributed by atoms with E-state index in [-0.39, 0.29) is 11.8 Å². The minimum Gasteiger partial charge on any atom is -0.508 e. The molecule has 0 saturated carbocycles. The van der Waals surface area contributed by atoms with Crippen LogP contribution in [-0.4, -0.2) is 19.7 Å². The molecule has 0 aliphatic rings. The van der Waals surface area contributed by atoms with Crippen LogP contribution in [0.4, 0.5) is 4.39 Å². The van der Waals surface area contributed by atoms with Gasteiger partial charge in [-0.15, -0.1) is 10.2 Å². The van der Waals surface area contributed by atoms with E-state index in [1.165, 1.54) is 12.1 Å². The summed E-state index contributed by atoms with van der Waals surface area (Å²) in [6.45, 7) is 2.39. The lowest BCUT2D eigenvalue weighted by Crippen LogP contribution is -2.20. The third-order valence-corrected chi connectivity index (χ3v) is 3.28. The van der Waals surface area contributed by atoms with Crippen LogP contribution in [0.1, 0.15) is 24.4 Å². The maximum Gasteiger partial charge on any atom is 0.160 e. The van der Waals surface area contributed by atoms with Gasteiger partial charge in [-0.2, -0.15) is 0 Å². The van der Waals surface area contributed by atoms with E-state index < -0.39 is 5.82 Å². The Hall–Kier alpha value is -2.47. The molecule has 1 atom stereocenters. The Morgan fingerprint density at radius 2 is 2.14 bits per heavy atom. The van der Waals surface area contributed by atoms with Crippen molar-refractivity contribution in [2.24, 2.45) is 0 Å². The molecule has 0 aliphatic carbocycles. The van der Waals surface area contributed by atoms with E-state index in [4.69, 9.17) is 0 Å². The number of pyridine rings is 1. The Morgan fingerprint density at radius 3 is 2.95 bits per heavy atom. The summed E-state index contributed by atoms with van der Waals surface area (Å²) in [5.74, 6) is 0.256. The minimum absolute atomic E-state index is 0.0622. The summed E-state index contributed by atoms with van der Waals surface area (Å²) in [6, 6.07) is 9.64. The SMILES string of the molecule is CC(NCc1cc(O)cc(F)c1)c1nnc2ccccn12. The van der Waals surface area contributed by atoms with Crippen molar-refractivity contribution < 1.29 is 9.50 Å². The quantitative estimate of drug-likeness (QED) is 0.773. The van der Waals surface area contributed by atoms with Gasteiger partial charge < -0.3 is 10.4 Å². The lowest BCUT2D eigenvalue weighted by Gasteiger charge is -2.12. The maximum absolute atomic E-state index is 13.2. The van der Waals surface area contributed by atoms with Crippen LogP contribution in [0.3, 0.4) is 0 Å². The van der Waals surface area contributed by atoms with Crippen molar-refractivity contribution in [3.05, 3.63) is 59.8 Å². The van der Waals surface area contributed by atoms with Gasteiger partial charge >= 0.3 is 0 Å². The normalized spacial score (nSPS) is 12.7. The van der Waals surface area contributed by atoms with E-state index in [0.717, 1.165) is 17.5 Å². The molecule has 3 rings (SSSR count). The maximum atomic E-state index is 13.2. The Kier molecular flexibility index (Phi) is 3.53. The first-order chi connectivity index (χ1) is 10.1. The van der Waals surface area contributed by atoms with Gasteiger partial charge in [0, 0.05) is 18.8 Å². The number of rotatable bonds is 4. The van der Waals surface area contributed by atoms with Gasteiger partial charge in [-0.3, -0.25) is 4.40 Å². The van der Waals surface area contributed by atoms with Crippen molar-refractivity contribution in [1.82, 2.24) is 19.9 Å². The number of phenols is 1. The molecule has 0 fully saturated rings. The summed E-state index contributed by atoms with van der Waals surface area (Å²) in [5, 5.41) is 20.9. The molecule has 2 aromatic heterocycles. The number of aromatic nitrogens is 3. The summed E-state index contributed by atoms with van der Waals surface area (Å²) >= 11 is 0. The lowest BCUT2D eigenvalue weighted by molar-refractivity contribution is 0.466. The predicted molar refractivity (Wildman–Crippen MR) is 76.3 cm³/mol. The molecule has 5 nitrogen and oxygen atoms in total. The zero-order chi connectivity index (χ0) is 14.8. The number of nitrogens with one attached hydrogen (secondary N) is 1. The monoisotopic (exact) mass is 286 g/mol. The standard InChI is InChI=1S/C15H15FN4O/c1-10(15-19-18-14-4-2-3-5-20(14)15)17-9-11-6-12(16)8-13(21)7-11/h2-8,10,17,21H,9H2,1H3. The van der Waals surface area contributed by atoms with Gasteiger partial charge in [0.25, 0.3) is 0 Å². The zero-order valence-corrected chi connectivity index (χ0v) is 11.5. The topological polar surface area (TPSA) is 62.5 Å². The number of fused-ring (bicyclic) bond motifs is 1. The van der Waals surface area contributed by atoms with Crippen LogP contribution in [0.2, 0.25) is 0 Å². The Bertz CT molecular complexity index is 751. The molecule has 2 N–H and O–H groups in total. The third-order valence-electron chi connectivity index (χ3n) is 3.28. The van der Waals surface area contributed by atoms with Crippen LogP contribution in [-0.2, 0) is 6.54 Å². The number of hydrogen-bond donors (Lipinski definition) is 2. The van der Waals surface area contributed by atoms with E-state index in [1.807, 2.05) is 35.7 Å². The van der Waals surface area contributed by atoms with Crippen LogP contribution in [0, 0.1) is 5.82 Å². The van der Waals surface area contributed by atoms with Crippen molar-refractivity contribution in [3.8, 4) is 5.75 Å². The number of phenolic OH excluding ortho intramolecular Hbond substituents is 1. The van der Waals surface area contributed by atoms with Gasteiger partial charge in [-0.25, -0.2) is 4.39 Å². The van der Waals surface area contributed by atoms with Crippen LogP contribution in [0.15, 0.2) is 42.6 Å². The highest BCUT2D eigenvalue weighted by Gasteiger charge is 2.12. The van der Waals surface area contributed by atoms with E-state index in [1.54, 1.807) is 0 Å². The second-order valence-electron chi connectivity index (χ2n) is 4.91. The predicted octanol–water partition coefficient (Wildman–Crippen LogP) is 2.42. The summed E-state index contributed by atoms with van der Waals surface area (Å²) < 4.78 is 15.1. The average molecular weight is 286 g/mol.